The quantitative estimate of drug-likeness (QED) is 0.488. The van der Waals surface area contributed by atoms with Crippen molar-refractivity contribution in [1.29, 1.82) is 0 Å². The maximum Gasteiger partial charge on any atom is 0.339 e. The highest BCUT2D eigenvalue weighted by molar-refractivity contribution is 6.34. The molecule has 0 spiro atoms. The molecule has 1 aromatic rings. The molecular formula is C17H14ClNO6. The van der Waals surface area contributed by atoms with Gasteiger partial charge in [-0.05, 0) is 18.2 Å². The molecule has 7 nitrogen and oxygen atoms in total. The molecule has 2 bridgehead atoms. The Hall–Kier alpha value is -2.22. The van der Waals surface area contributed by atoms with E-state index in [4.69, 9.17) is 16.3 Å². The number of amides is 2. The second-order valence-electron chi connectivity index (χ2n) is 6.23. The molecule has 0 aromatic heterocycles. The van der Waals surface area contributed by atoms with Gasteiger partial charge in [0.05, 0.1) is 47.9 Å². The van der Waals surface area contributed by atoms with Crippen LogP contribution in [0.1, 0.15) is 10.4 Å². The number of carbonyl (C=O) groups is 3. The molecule has 0 radical (unpaired) electrons. The number of benzene rings is 1. The van der Waals surface area contributed by atoms with Crippen LogP contribution in [0.5, 0.6) is 0 Å². The van der Waals surface area contributed by atoms with Crippen molar-refractivity contribution < 1.29 is 29.0 Å². The molecule has 2 amide bonds. The summed E-state index contributed by atoms with van der Waals surface area (Å²) in [7, 11) is 1.22. The number of fused-ring (bicyclic) bond motifs is 5. The van der Waals surface area contributed by atoms with E-state index >= 15 is 0 Å². The van der Waals surface area contributed by atoms with Crippen LogP contribution in [0.25, 0.3) is 0 Å². The average Bonchev–Trinajstić information content (AvgIpc) is 3.26. The van der Waals surface area contributed by atoms with Gasteiger partial charge in [-0.25, -0.2) is 9.69 Å². The topological polar surface area (TPSA) is 93.1 Å². The number of methoxy groups -OCH3 is 1. The van der Waals surface area contributed by atoms with Crippen LogP contribution >= 0.6 is 11.6 Å². The summed E-state index contributed by atoms with van der Waals surface area (Å²) < 4.78 is 10.3. The molecule has 1 aromatic carbocycles. The molecule has 4 atom stereocenters. The lowest BCUT2D eigenvalue weighted by Crippen LogP contribution is -2.43. The van der Waals surface area contributed by atoms with Crippen LogP contribution in [0.3, 0.4) is 0 Å². The number of halogens is 1. The zero-order chi connectivity index (χ0) is 17.9. The van der Waals surface area contributed by atoms with Gasteiger partial charge in [0.2, 0.25) is 11.8 Å². The van der Waals surface area contributed by atoms with Crippen molar-refractivity contribution in [3.05, 3.63) is 40.9 Å². The van der Waals surface area contributed by atoms with Crippen LogP contribution in [0, 0.1) is 11.8 Å². The van der Waals surface area contributed by atoms with Gasteiger partial charge in [0.1, 0.15) is 5.60 Å². The number of imide groups is 1. The van der Waals surface area contributed by atoms with Crippen LogP contribution in [0.2, 0.25) is 5.02 Å². The molecular weight excluding hydrogens is 350 g/mol. The van der Waals surface area contributed by atoms with Gasteiger partial charge in [0, 0.05) is 0 Å². The lowest BCUT2D eigenvalue weighted by molar-refractivity contribution is -0.128. The van der Waals surface area contributed by atoms with Gasteiger partial charge in [0.25, 0.3) is 0 Å². The molecule has 0 aliphatic carbocycles. The molecule has 25 heavy (non-hydrogen) atoms. The molecule has 1 N–H and O–H groups in total. The SMILES string of the molecule is COC(=O)c1cc(N2C(=O)[C@H]3[C@@H](C2=O)[C@]2(CO)C=C[C@H]3O2)ccc1Cl. The Bertz CT molecular complexity index is 836. The number of esters is 1. The van der Waals surface area contributed by atoms with Gasteiger partial charge in [-0.15, -0.1) is 0 Å². The summed E-state index contributed by atoms with van der Waals surface area (Å²) in [5, 5.41) is 9.86. The van der Waals surface area contributed by atoms with Gasteiger partial charge in [0.15, 0.2) is 0 Å². The standard InChI is InChI=1S/C17H14ClNO6/c1-24-16(23)9-6-8(2-3-10(9)18)19-14(21)12-11-4-5-17(7-20,25-11)13(12)15(19)22/h2-6,11-13,20H,7H2,1H3/t11-,12-,13+,17-/m1/s1. The first-order chi connectivity index (χ1) is 11.9. The predicted molar refractivity (Wildman–Crippen MR) is 86.1 cm³/mol. The van der Waals surface area contributed by atoms with Crippen LogP contribution in [0.15, 0.2) is 30.4 Å². The molecule has 8 heteroatoms. The van der Waals surface area contributed by atoms with Crippen molar-refractivity contribution in [1.82, 2.24) is 0 Å². The van der Waals surface area contributed by atoms with E-state index in [0.717, 1.165) is 4.90 Å². The minimum atomic E-state index is -1.16. The average molecular weight is 364 g/mol. The van der Waals surface area contributed by atoms with Crippen molar-refractivity contribution in [2.75, 3.05) is 18.6 Å². The zero-order valence-electron chi connectivity index (χ0n) is 13.1. The lowest BCUT2D eigenvalue weighted by atomic mass is 9.77. The Balaban J connectivity index is 1.75. The molecule has 130 valence electrons. The molecule has 2 fully saturated rings. The third-order valence-corrected chi connectivity index (χ3v) is 5.35. The van der Waals surface area contributed by atoms with Crippen molar-refractivity contribution in [3.63, 3.8) is 0 Å². The summed E-state index contributed by atoms with van der Waals surface area (Å²) in [6.07, 6.45) is 2.81. The minimum Gasteiger partial charge on any atom is -0.465 e. The maximum atomic E-state index is 12.9. The highest BCUT2D eigenvalue weighted by Crippen LogP contribution is 2.52. The maximum absolute atomic E-state index is 12.9. The number of hydrogen-bond acceptors (Lipinski definition) is 6. The van der Waals surface area contributed by atoms with E-state index in [9.17, 15) is 19.5 Å². The van der Waals surface area contributed by atoms with E-state index in [0.29, 0.717) is 0 Å². The number of rotatable bonds is 3. The summed E-state index contributed by atoms with van der Waals surface area (Å²) in [5.41, 5.74) is -0.857. The molecule has 3 aliphatic rings. The fourth-order valence-corrected chi connectivity index (χ4v) is 4.05. The summed E-state index contributed by atoms with van der Waals surface area (Å²) in [4.78, 5) is 38.6. The van der Waals surface area contributed by atoms with Crippen LogP contribution in [0.4, 0.5) is 5.69 Å². The van der Waals surface area contributed by atoms with Crippen molar-refractivity contribution >= 4 is 35.1 Å². The fraction of sp³-hybridized carbons (Fsp3) is 0.353. The van der Waals surface area contributed by atoms with E-state index in [1.54, 1.807) is 12.2 Å². The van der Waals surface area contributed by atoms with Gasteiger partial charge < -0.3 is 14.6 Å². The number of aliphatic hydroxyl groups is 1. The first-order valence-electron chi connectivity index (χ1n) is 7.67. The van der Waals surface area contributed by atoms with E-state index < -0.39 is 41.3 Å². The number of ether oxygens (including phenoxy) is 2. The van der Waals surface area contributed by atoms with Gasteiger partial charge in [-0.2, -0.15) is 0 Å². The monoisotopic (exact) mass is 363 g/mol. The second-order valence-corrected chi connectivity index (χ2v) is 6.63. The molecule has 2 saturated heterocycles. The van der Waals surface area contributed by atoms with E-state index in [2.05, 4.69) is 4.74 Å². The highest BCUT2D eigenvalue weighted by Gasteiger charge is 2.67. The van der Waals surface area contributed by atoms with Crippen LogP contribution in [-0.2, 0) is 19.1 Å². The van der Waals surface area contributed by atoms with Crippen molar-refractivity contribution in [2.24, 2.45) is 11.8 Å². The second kappa shape index (κ2) is 5.39. The smallest absolute Gasteiger partial charge is 0.339 e. The largest absolute Gasteiger partial charge is 0.465 e. The molecule has 4 rings (SSSR count). The zero-order valence-corrected chi connectivity index (χ0v) is 13.9. The number of aliphatic hydroxyl groups excluding tert-OH is 1. The lowest BCUT2D eigenvalue weighted by Gasteiger charge is -2.26. The van der Waals surface area contributed by atoms with E-state index in [1.165, 1.54) is 25.3 Å². The Kier molecular flexibility index (Phi) is 3.50. The van der Waals surface area contributed by atoms with Gasteiger partial charge >= 0.3 is 5.97 Å². The molecule has 0 unspecified atom stereocenters. The van der Waals surface area contributed by atoms with Crippen molar-refractivity contribution in [3.8, 4) is 0 Å². The normalized spacial score (nSPS) is 32.4. The number of anilines is 1. The third kappa shape index (κ3) is 2.03. The van der Waals surface area contributed by atoms with Gasteiger partial charge in [-0.3, -0.25) is 9.59 Å². The number of carbonyl (C=O) groups excluding carboxylic acids is 3. The number of nitrogens with zero attached hydrogens (tertiary/aromatic N) is 1. The Labute approximate surface area is 147 Å². The highest BCUT2D eigenvalue weighted by atomic mass is 35.5. The van der Waals surface area contributed by atoms with E-state index in [1.807, 2.05) is 0 Å². The first-order valence-corrected chi connectivity index (χ1v) is 8.05. The predicted octanol–water partition coefficient (Wildman–Crippen LogP) is 0.932. The molecule has 3 heterocycles. The Morgan fingerprint density at radius 3 is 2.84 bits per heavy atom. The Morgan fingerprint density at radius 1 is 1.40 bits per heavy atom. The van der Waals surface area contributed by atoms with Crippen LogP contribution < -0.4 is 4.90 Å². The number of hydrogen-bond donors (Lipinski definition) is 1. The minimum absolute atomic E-state index is 0.0635. The Morgan fingerprint density at radius 2 is 2.16 bits per heavy atom. The van der Waals surface area contributed by atoms with E-state index in [-0.39, 0.29) is 22.9 Å². The molecule has 3 aliphatic heterocycles. The fourth-order valence-electron chi connectivity index (χ4n) is 3.86. The summed E-state index contributed by atoms with van der Waals surface area (Å²) in [6.45, 7) is -0.387. The van der Waals surface area contributed by atoms with Crippen LogP contribution in [-0.4, -0.2) is 48.3 Å². The first kappa shape index (κ1) is 16.3. The van der Waals surface area contributed by atoms with Crippen molar-refractivity contribution in [2.45, 2.75) is 11.7 Å². The summed E-state index contributed by atoms with van der Waals surface area (Å²) in [5.74, 6) is -3.01. The van der Waals surface area contributed by atoms with Gasteiger partial charge in [-0.1, -0.05) is 23.8 Å². The summed E-state index contributed by atoms with van der Waals surface area (Å²) >= 11 is 5.99. The molecule has 0 saturated carbocycles. The summed E-state index contributed by atoms with van der Waals surface area (Å²) in [6, 6.07) is 4.28. The third-order valence-electron chi connectivity index (χ3n) is 5.02.